The summed E-state index contributed by atoms with van der Waals surface area (Å²) in [6, 6.07) is 6.76. The van der Waals surface area contributed by atoms with Crippen molar-refractivity contribution in [3.8, 4) is 0 Å². The maximum atomic E-state index is 6.22. The molecule has 0 saturated carbocycles. The Morgan fingerprint density at radius 1 is 1.33 bits per heavy atom. The molecule has 0 aliphatic heterocycles. The molecule has 18 heavy (non-hydrogen) atoms. The van der Waals surface area contributed by atoms with Gasteiger partial charge in [-0.1, -0.05) is 54.4 Å². The van der Waals surface area contributed by atoms with Crippen LogP contribution < -0.4 is 5.32 Å². The molecule has 1 unspecified atom stereocenters. The molecule has 0 aliphatic rings. The number of aryl methyl sites for hydroxylation is 1. The van der Waals surface area contributed by atoms with Crippen molar-refractivity contribution in [1.82, 2.24) is 5.32 Å². The predicted molar refractivity (Wildman–Crippen MR) is 84.4 cm³/mol. The van der Waals surface area contributed by atoms with Crippen molar-refractivity contribution < 1.29 is 0 Å². The number of hydrogen-bond donors (Lipinski definition) is 1. The van der Waals surface area contributed by atoms with Crippen molar-refractivity contribution >= 4 is 27.5 Å². The summed E-state index contributed by atoms with van der Waals surface area (Å²) in [4.78, 5) is 0. The van der Waals surface area contributed by atoms with E-state index in [1.807, 2.05) is 6.07 Å². The molecule has 0 fully saturated rings. The highest BCUT2D eigenvalue weighted by Crippen LogP contribution is 2.23. The van der Waals surface area contributed by atoms with Crippen molar-refractivity contribution in [2.45, 2.75) is 46.1 Å². The SMILES string of the molecule is CCNC(CCCc1ccc(Br)cc1Cl)C(C)C. The normalized spacial score (nSPS) is 13.0. The molecule has 1 atom stereocenters. The van der Waals surface area contributed by atoms with Crippen molar-refractivity contribution in [1.29, 1.82) is 0 Å². The Balaban J connectivity index is 2.45. The molecule has 3 heteroatoms. The van der Waals surface area contributed by atoms with Gasteiger partial charge in [-0.25, -0.2) is 0 Å². The lowest BCUT2D eigenvalue weighted by Gasteiger charge is -2.21. The molecule has 1 rings (SSSR count). The number of halogens is 2. The second-order valence-corrected chi connectivity index (χ2v) is 6.36. The molecule has 0 aromatic heterocycles. The summed E-state index contributed by atoms with van der Waals surface area (Å²) in [6.07, 6.45) is 3.44. The molecule has 1 nitrogen and oxygen atoms in total. The third kappa shape index (κ3) is 5.29. The monoisotopic (exact) mass is 331 g/mol. The van der Waals surface area contributed by atoms with Gasteiger partial charge in [-0.15, -0.1) is 0 Å². The van der Waals surface area contributed by atoms with Crippen LogP contribution in [0.5, 0.6) is 0 Å². The molecule has 0 aliphatic carbocycles. The fourth-order valence-corrected chi connectivity index (χ4v) is 2.94. The lowest BCUT2D eigenvalue weighted by Crippen LogP contribution is -2.33. The van der Waals surface area contributed by atoms with Gasteiger partial charge in [0.05, 0.1) is 0 Å². The minimum absolute atomic E-state index is 0.615. The average Bonchev–Trinajstić information content (AvgIpc) is 2.30. The van der Waals surface area contributed by atoms with E-state index in [1.54, 1.807) is 0 Å². The molecule has 1 aromatic carbocycles. The average molecular weight is 333 g/mol. The zero-order valence-corrected chi connectivity index (χ0v) is 13.8. The first-order valence-corrected chi connectivity index (χ1v) is 7.89. The van der Waals surface area contributed by atoms with Crippen LogP contribution in [-0.2, 0) is 6.42 Å². The van der Waals surface area contributed by atoms with Crippen LogP contribution in [0.2, 0.25) is 5.02 Å². The molecular formula is C15H23BrClN. The van der Waals surface area contributed by atoms with E-state index in [-0.39, 0.29) is 0 Å². The van der Waals surface area contributed by atoms with Crippen molar-refractivity contribution in [3.05, 3.63) is 33.3 Å². The fraction of sp³-hybridized carbons (Fsp3) is 0.600. The Bertz CT molecular complexity index is 366. The first-order valence-electron chi connectivity index (χ1n) is 6.72. The van der Waals surface area contributed by atoms with E-state index in [9.17, 15) is 0 Å². The second kappa shape index (κ2) is 8.19. The van der Waals surface area contributed by atoms with Crippen LogP contribution in [0.3, 0.4) is 0 Å². The predicted octanol–water partition coefficient (Wildman–Crippen LogP) is 5.06. The Morgan fingerprint density at radius 2 is 2.06 bits per heavy atom. The number of nitrogens with one attached hydrogen (secondary N) is 1. The van der Waals surface area contributed by atoms with E-state index in [4.69, 9.17) is 11.6 Å². The van der Waals surface area contributed by atoms with Crippen LogP contribution in [0, 0.1) is 5.92 Å². The van der Waals surface area contributed by atoms with Crippen LogP contribution >= 0.6 is 27.5 Å². The van der Waals surface area contributed by atoms with Crippen molar-refractivity contribution in [2.75, 3.05) is 6.54 Å². The topological polar surface area (TPSA) is 12.0 Å². The number of hydrogen-bond acceptors (Lipinski definition) is 1. The lowest BCUT2D eigenvalue weighted by molar-refractivity contribution is 0.377. The van der Waals surface area contributed by atoms with Crippen LogP contribution in [0.15, 0.2) is 22.7 Å². The van der Waals surface area contributed by atoms with Gasteiger partial charge < -0.3 is 5.32 Å². The zero-order valence-electron chi connectivity index (χ0n) is 11.5. The van der Waals surface area contributed by atoms with E-state index in [0.717, 1.165) is 22.5 Å². The molecule has 0 saturated heterocycles. The molecule has 1 aromatic rings. The summed E-state index contributed by atoms with van der Waals surface area (Å²) < 4.78 is 1.05. The number of benzene rings is 1. The minimum atomic E-state index is 0.615. The van der Waals surface area contributed by atoms with Gasteiger partial charge >= 0.3 is 0 Å². The summed E-state index contributed by atoms with van der Waals surface area (Å²) in [5, 5.41) is 4.42. The maximum Gasteiger partial charge on any atom is 0.0449 e. The Morgan fingerprint density at radius 3 is 2.61 bits per heavy atom. The molecule has 0 radical (unpaired) electrons. The zero-order chi connectivity index (χ0) is 13.5. The summed E-state index contributed by atoms with van der Waals surface area (Å²) in [5.41, 5.74) is 1.25. The van der Waals surface area contributed by atoms with Crippen LogP contribution in [0.25, 0.3) is 0 Å². The third-order valence-electron chi connectivity index (χ3n) is 3.25. The van der Waals surface area contributed by atoms with Gasteiger partial charge in [0.25, 0.3) is 0 Å². The third-order valence-corrected chi connectivity index (χ3v) is 4.09. The van der Waals surface area contributed by atoms with Gasteiger partial charge in [0.15, 0.2) is 0 Å². The van der Waals surface area contributed by atoms with E-state index in [0.29, 0.717) is 12.0 Å². The van der Waals surface area contributed by atoms with Gasteiger partial charge in [0.1, 0.15) is 0 Å². The summed E-state index contributed by atoms with van der Waals surface area (Å²) in [5.74, 6) is 0.685. The highest BCUT2D eigenvalue weighted by Gasteiger charge is 2.11. The molecule has 0 amide bonds. The molecule has 1 N–H and O–H groups in total. The van der Waals surface area contributed by atoms with Gasteiger partial charge in [0, 0.05) is 15.5 Å². The summed E-state index contributed by atoms with van der Waals surface area (Å²) >= 11 is 9.66. The highest BCUT2D eigenvalue weighted by atomic mass is 79.9. The van der Waals surface area contributed by atoms with Crippen LogP contribution in [-0.4, -0.2) is 12.6 Å². The first-order chi connectivity index (χ1) is 8.54. The van der Waals surface area contributed by atoms with Gasteiger partial charge in [-0.3, -0.25) is 0 Å². The maximum absolute atomic E-state index is 6.22. The van der Waals surface area contributed by atoms with E-state index >= 15 is 0 Å². The van der Waals surface area contributed by atoms with Gasteiger partial charge in [-0.2, -0.15) is 0 Å². The second-order valence-electron chi connectivity index (χ2n) is 5.04. The summed E-state index contributed by atoms with van der Waals surface area (Å²) in [6.45, 7) is 7.77. The van der Waals surface area contributed by atoms with Crippen molar-refractivity contribution in [2.24, 2.45) is 5.92 Å². The van der Waals surface area contributed by atoms with E-state index in [1.165, 1.54) is 18.4 Å². The van der Waals surface area contributed by atoms with Crippen LogP contribution in [0.1, 0.15) is 39.2 Å². The van der Waals surface area contributed by atoms with Gasteiger partial charge in [0.2, 0.25) is 0 Å². The fourth-order valence-electron chi connectivity index (χ4n) is 2.17. The van der Waals surface area contributed by atoms with Crippen molar-refractivity contribution in [3.63, 3.8) is 0 Å². The quantitative estimate of drug-likeness (QED) is 0.736. The van der Waals surface area contributed by atoms with E-state index < -0.39 is 0 Å². The molecule has 0 heterocycles. The molecule has 0 spiro atoms. The van der Waals surface area contributed by atoms with Gasteiger partial charge in [-0.05, 0) is 49.4 Å². The lowest BCUT2D eigenvalue weighted by atomic mass is 9.97. The molecule has 102 valence electrons. The summed E-state index contributed by atoms with van der Waals surface area (Å²) in [7, 11) is 0. The number of rotatable bonds is 7. The van der Waals surface area contributed by atoms with Crippen LogP contribution in [0.4, 0.5) is 0 Å². The largest absolute Gasteiger partial charge is 0.314 e. The first kappa shape index (κ1) is 16.0. The standard InChI is InChI=1S/C15H23BrClN/c1-4-18-15(11(2)3)7-5-6-12-8-9-13(16)10-14(12)17/h8-11,15,18H,4-7H2,1-3H3. The smallest absolute Gasteiger partial charge is 0.0449 e. The Labute approximate surface area is 124 Å². The molecule has 0 bridgehead atoms. The Hall–Kier alpha value is -0.0500. The van der Waals surface area contributed by atoms with E-state index in [2.05, 4.69) is 54.2 Å². The minimum Gasteiger partial charge on any atom is -0.314 e. The molecular weight excluding hydrogens is 310 g/mol. The Kier molecular flexibility index (Phi) is 7.28. The highest BCUT2D eigenvalue weighted by molar-refractivity contribution is 9.10.